The average Bonchev–Trinajstić information content (AvgIpc) is 3.00. The Morgan fingerprint density at radius 1 is 1.17 bits per heavy atom. The highest BCUT2D eigenvalue weighted by atomic mass is 32.1. The molecule has 0 N–H and O–H groups in total. The second-order valence-electron chi connectivity index (χ2n) is 5.38. The molecule has 0 saturated heterocycles. The second-order valence-corrected chi connectivity index (χ2v) is 6.43. The molecule has 1 heterocycles. The van der Waals surface area contributed by atoms with Crippen LogP contribution in [0.2, 0.25) is 0 Å². The van der Waals surface area contributed by atoms with E-state index in [9.17, 15) is 9.18 Å². The summed E-state index contributed by atoms with van der Waals surface area (Å²) in [5.41, 5.74) is 1.05. The quantitative estimate of drug-likeness (QED) is 0.671. The lowest BCUT2D eigenvalue weighted by Crippen LogP contribution is -2.29. The van der Waals surface area contributed by atoms with E-state index < -0.39 is 0 Å². The van der Waals surface area contributed by atoms with Gasteiger partial charge in [-0.1, -0.05) is 36.4 Å². The molecule has 0 saturated carbocycles. The molecule has 0 radical (unpaired) electrons. The lowest BCUT2D eigenvalue weighted by atomic mass is 10.2. The number of methoxy groups -OCH3 is 1. The molecule has 0 unspecified atom stereocenters. The summed E-state index contributed by atoms with van der Waals surface area (Å²) in [7, 11) is 1.47. The van der Waals surface area contributed by atoms with Gasteiger partial charge in [0, 0.05) is 17.8 Å². The Kier molecular flexibility index (Phi) is 4.81. The fourth-order valence-corrected chi connectivity index (χ4v) is 3.84. The van der Waals surface area contributed by atoms with E-state index >= 15 is 0 Å². The number of hydrogen-bond acceptors (Lipinski definition) is 3. The Bertz CT molecular complexity index is 860. The zero-order valence-corrected chi connectivity index (χ0v) is 14.4. The first-order valence-electron chi connectivity index (χ1n) is 7.74. The summed E-state index contributed by atoms with van der Waals surface area (Å²) < 4.78 is 20.2. The van der Waals surface area contributed by atoms with Crippen LogP contribution in [0, 0.1) is 5.82 Å². The van der Waals surface area contributed by atoms with E-state index in [1.165, 1.54) is 24.5 Å². The topological polar surface area (TPSA) is 29.5 Å². The first kappa shape index (κ1) is 16.5. The molecule has 1 aromatic heterocycles. The highest BCUT2D eigenvalue weighted by Crippen LogP contribution is 2.39. The van der Waals surface area contributed by atoms with E-state index in [0.717, 1.165) is 5.56 Å². The Labute approximate surface area is 144 Å². The van der Waals surface area contributed by atoms with Gasteiger partial charge in [0.1, 0.15) is 10.7 Å². The van der Waals surface area contributed by atoms with Gasteiger partial charge in [-0.15, -0.1) is 11.3 Å². The molecule has 0 atom stereocenters. The van der Waals surface area contributed by atoms with Crippen molar-refractivity contribution in [2.75, 3.05) is 13.7 Å². The summed E-state index contributed by atoms with van der Waals surface area (Å²) in [6.07, 6.45) is 0. The van der Waals surface area contributed by atoms with Gasteiger partial charge in [0.2, 0.25) is 0 Å². The Morgan fingerprint density at radius 2 is 1.92 bits per heavy atom. The molecule has 0 spiro atoms. The van der Waals surface area contributed by atoms with Crippen LogP contribution in [-0.4, -0.2) is 24.5 Å². The fourth-order valence-electron chi connectivity index (χ4n) is 2.69. The van der Waals surface area contributed by atoms with Gasteiger partial charge in [-0.25, -0.2) is 4.39 Å². The van der Waals surface area contributed by atoms with Gasteiger partial charge in [0.05, 0.1) is 12.5 Å². The maximum atomic E-state index is 14.1. The van der Waals surface area contributed by atoms with Crippen LogP contribution in [0.4, 0.5) is 4.39 Å². The highest BCUT2D eigenvalue weighted by Gasteiger charge is 2.25. The van der Waals surface area contributed by atoms with Crippen molar-refractivity contribution in [3.8, 4) is 5.75 Å². The lowest BCUT2D eigenvalue weighted by Gasteiger charge is -2.20. The van der Waals surface area contributed by atoms with E-state index in [1.54, 1.807) is 17.0 Å². The van der Waals surface area contributed by atoms with Crippen LogP contribution in [0.25, 0.3) is 10.1 Å². The van der Waals surface area contributed by atoms with Crippen LogP contribution in [-0.2, 0) is 6.54 Å². The van der Waals surface area contributed by atoms with E-state index in [0.29, 0.717) is 33.8 Å². The van der Waals surface area contributed by atoms with Crippen molar-refractivity contribution in [2.45, 2.75) is 13.5 Å². The molecule has 3 aromatic rings. The van der Waals surface area contributed by atoms with Crippen LogP contribution in [0.5, 0.6) is 5.75 Å². The SMILES string of the molecule is CCN(Cc1ccccc1)C(=O)c1sc2cccc(F)c2c1OC. The van der Waals surface area contributed by atoms with E-state index in [1.807, 2.05) is 37.3 Å². The third-order valence-corrected chi connectivity index (χ3v) is 5.03. The van der Waals surface area contributed by atoms with Crippen molar-refractivity contribution >= 4 is 27.3 Å². The number of fused-ring (bicyclic) bond motifs is 1. The summed E-state index contributed by atoms with van der Waals surface area (Å²) in [6, 6.07) is 14.6. The van der Waals surface area contributed by atoms with Gasteiger partial charge in [0.15, 0.2) is 5.75 Å². The van der Waals surface area contributed by atoms with Crippen LogP contribution in [0.3, 0.4) is 0 Å². The lowest BCUT2D eigenvalue weighted by molar-refractivity contribution is 0.0754. The minimum atomic E-state index is -0.370. The number of halogens is 1. The largest absolute Gasteiger partial charge is 0.494 e. The number of hydrogen-bond donors (Lipinski definition) is 0. The standard InChI is InChI=1S/C19H18FNO2S/c1-3-21(12-13-8-5-4-6-9-13)19(22)18-17(23-2)16-14(20)10-7-11-15(16)24-18/h4-11H,3,12H2,1-2H3. The first-order chi connectivity index (χ1) is 11.7. The van der Waals surface area contributed by atoms with Gasteiger partial charge < -0.3 is 9.64 Å². The minimum Gasteiger partial charge on any atom is -0.494 e. The molecule has 3 rings (SSSR count). The van der Waals surface area contributed by atoms with Crippen molar-refractivity contribution in [1.82, 2.24) is 4.90 Å². The molecule has 124 valence electrons. The Balaban J connectivity index is 1.99. The van der Waals surface area contributed by atoms with Crippen molar-refractivity contribution < 1.29 is 13.9 Å². The minimum absolute atomic E-state index is 0.140. The second kappa shape index (κ2) is 7.01. The van der Waals surface area contributed by atoms with Gasteiger partial charge in [-0.3, -0.25) is 4.79 Å². The maximum Gasteiger partial charge on any atom is 0.268 e. The number of rotatable bonds is 5. The summed E-state index contributed by atoms with van der Waals surface area (Å²) in [5.74, 6) is -0.186. The molecule has 24 heavy (non-hydrogen) atoms. The molecule has 0 fully saturated rings. The van der Waals surface area contributed by atoms with E-state index in [2.05, 4.69) is 0 Å². The molecule has 0 aliphatic carbocycles. The summed E-state index contributed by atoms with van der Waals surface area (Å²) in [5, 5.41) is 0.379. The van der Waals surface area contributed by atoms with Crippen molar-refractivity contribution in [1.29, 1.82) is 0 Å². The van der Waals surface area contributed by atoms with E-state index in [4.69, 9.17) is 4.74 Å². The molecule has 1 amide bonds. The highest BCUT2D eigenvalue weighted by molar-refractivity contribution is 7.21. The van der Waals surface area contributed by atoms with E-state index in [-0.39, 0.29) is 11.7 Å². The molecular weight excluding hydrogens is 325 g/mol. The monoisotopic (exact) mass is 343 g/mol. The van der Waals surface area contributed by atoms with Gasteiger partial charge >= 0.3 is 0 Å². The normalized spacial score (nSPS) is 10.8. The van der Waals surface area contributed by atoms with Crippen LogP contribution < -0.4 is 4.74 Å². The first-order valence-corrected chi connectivity index (χ1v) is 8.55. The van der Waals surface area contributed by atoms with Crippen LogP contribution in [0.15, 0.2) is 48.5 Å². The number of carbonyl (C=O) groups is 1. The smallest absolute Gasteiger partial charge is 0.268 e. The number of carbonyl (C=O) groups excluding carboxylic acids is 1. The van der Waals surface area contributed by atoms with Crippen LogP contribution in [0.1, 0.15) is 22.2 Å². The zero-order chi connectivity index (χ0) is 17.1. The Hall–Kier alpha value is -2.40. The molecule has 0 bridgehead atoms. The molecule has 2 aromatic carbocycles. The van der Waals surface area contributed by atoms with Gasteiger partial charge in [0.25, 0.3) is 5.91 Å². The summed E-state index contributed by atoms with van der Waals surface area (Å²) in [6.45, 7) is 3.00. The Morgan fingerprint density at radius 3 is 2.58 bits per heavy atom. The zero-order valence-electron chi connectivity index (χ0n) is 13.6. The van der Waals surface area contributed by atoms with Crippen molar-refractivity contribution in [3.05, 3.63) is 64.8 Å². The summed E-state index contributed by atoms with van der Waals surface area (Å²) in [4.78, 5) is 15.2. The molecular formula is C19H18FNO2S. The maximum absolute atomic E-state index is 14.1. The van der Waals surface area contributed by atoms with Crippen LogP contribution >= 0.6 is 11.3 Å². The van der Waals surface area contributed by atoms with Crippen molar-refractivity contribution in [2.24, 2.45) is 0 Å². The number of benzene rings is 2. The molecule has 0 aliphatic heterocycles. The van der Waals surface area contributed by atoms with Gasteiger partial charge in [-0.2, -0.15) is 0 Å². The predicted octanol–water partition coefficient (Wildman–Crippen LogP) is 4.71. The number of thiophene rings is 1. The summed E-state index contributed by atoms with van der Waals surface area (Å²) >= 11 is 1.27. The third-order valence-electron chi connectivity index (χ3n) is 3.90. The van der Waals surface area contributed by atoms with Gasteiger partial charge in [-0.05, 0) is 24.6 Å². The molecule has 5 heteroatoms. The fraction of sp³-hybridized carbons (Fsp3) is 0.211. The predicted molar refractivity (Wildman–Crippen MR) is 95.2 cm³/mol. The number of ether oxygens (including phenoxy) is 1. The number of nitrogens with zero attached hydrogens (tertiary/aromatic N) is 1. The molecule has 0 aliphatic rings. The number of amides is 1. The molecule has 3 nitrogen and oxygen atoms in total. The average molecular weight is 343 g/mol. The van der Waals surface area contributed by atoms with Crippen molar-refractivity contribution in [3.63, 3.8) is 0 Å². The third kappa shape index (κ3) is 2.99.